The van der Waals surface area contributed by atoms with Gasteiger partial charge < -0.3 is 20.4 Å². The number of nitrogens with zero attached hydrogens (tertiary/aromatic N) is 1. The lowest BCUT2D eigenvalue weighted by molar-refractivity contribution is 0.317. The first-order chi connectivity index (χ1) is 12.0. The summed E-state index contributed by atoms with van der Waals surface area (Å²) in [4.78, 5) is 2.18. The molecule has 1 aliphatic heterocycles. The Balaban J connectivity index is 1.58. The minimum atomic E-state index is -0.0677. The number of aryl methyl sites for hydroxylation is 1. The van der Waals surface area contributed by atoms with Gasteiger partial charge in [0.1, 0.15) is 0 Å². The van der Waals surface area contributed by atoms with E-state index >= 15 is 0 Å². The summed E-state index contributed by atoms with van der Waals surface area (Å²) in [5.74, 6) is 0.767. The molecule has 3 rings (SSSR count). The van der Waals surface area contributed by atoms with Crippen molar-refractivity contribution < 1.29 is 10.2 Å². The summed E-state index contributed by atoms with van der Waals surface area (Å²) in [6.07, 6.45) is 2.77. The number of benzene rings is 2. The van der Waals surface area contributed by atoms with Crippen molar-refractivity contribution in [3.05, 3.63) is 70.5 Å². The Hall–Kier alpha value is -2.33. The first-order valence-corrected chi connectivity index (χ1v) is 8.86. The van der Waals surface area contributed by atoms with Crippen LogP contribution in [0, 0.1) is 0 Å². The number of hydrogen-bond acceptors (Lipinski definition) is 4. The minimum Gasteiger partial charge on any atom is -0.504 e. The van der Waals surface area contributed by atoms with Crippen LogP contribution in [0.25, 0.3) is 0 Å². The third-order valence-electron chi connectivity index (χ3n) is 4.57. The van der Waals surface area contributed by atoms with Crippen LogP contribution in [-0.4, -0.2) is 28.2 Å². The highest BCUT2D eigenvalue weighted by Crippen LogP contribution is 2.31. The number of rotatable bonds is 5. The van der Waals surface area contributed by atoms with Gasteiger partial charge in [-0.3, -0.25) is 0 Å². The Morgan fingerprint density at radius 3 is 2.52 bits per heavy atom. The molecule has 2 aromatic rings. The lowest BCUT2D eigenvalue weighted by Gasteiger charge is -2.26. The average molecular weight is 359 g/mol. The molecule has 0 unspecified atom stereocenters. The molecule has 0 atom stereocenters. The lowest BCUT2D eigenvalue weighted by atomic mass is 10.0. The van der Waals surface area contributed by atoms with Gasteiger partial charge in [-0.25, -0.2) is 0 Å². The van der Waals surface area contributed by atoms with Gasteiger partial charge in [0.25, 0.3) is 0 Å². The van der Waals surface area contributed by atoms with E-state index in [1.807, 2.05) is 24.3 Å². The van der Waals surface area contributed by atoms with Gasteiger partial charge in [0, 0.05) is 24.7 Å². The van der Waals surface area contributed by atoms with Gasteiger partial charge in [-0.1, -0.05) is 30.3 Å². The van der Waals surface area contributed by atoms with Crippen LogP contribution in [0.15, 0.2) is 48.8 Å². The van der Waals surface area contributed by atoms with Crippen molar-refractivity contribution in [3.63, 3.8) is 0 Å². The molecular formula is C20H23ClN2O2. The van der Waals surface area contributed by atoms with Crippen LogP contribution < -0.4 is 5.32 Å². The van der Waals surface area contributed by atoms with Crippen molar-refractivity contribution in [3.8, 4) is 11.5 Å². The van der Waals surface area contributed by atoms with E-state index in [-0.39, 0.29) is 11.5 Å². The molecule has 0 saturated carbocycles. The first kappa shape index (κ1) is 17.5. The molecule has 1 aliphatic rings. The monoisotopic (exact) mass is 358 g/mol. The number of phenolic OH excluding ortho intramolecular Hbond substituents is 2. The van der Waals surface area contributed by atoms with Crippen molar-refractivity contribution in [2.45, 2.75) is 25.8 Å². The van der Waals surface area contributed by atoms with Crippen LogP contribution in [-0.2, 0) is 19.4 Å². The van der Waals surface area contributed by atoms with E-state index in [0.717, 1.165) is 54.3 Å². The lowest BCUT2D eigenvalue weighted by Crippen LogP contribution is -2.32. The van der Waals surface area contributed by atoms with Gasteiger partial charge in [-0.15, -0.1) is 0 Å². The van der Waals surface area contributed by atoms with E-state index in [4.69, 9.17) is 11.6 Å². The maximum absolute atomic E-state index is 9.76. The summed E-state index contributed by atoms with van der Waals surface area (Å²) in [5, 5.41) is 23.6. The zero-order valence-corrected chi connectivity index (χ0v) is 14.9. The van der Waals surface area contributed by atoms with Crippen LogP contribution in [0.2, 0.25) is 5.02 Å². The fraction of sp³-hybridized carbons (Fsp3) is 0.300. The van der Waals surface area contributed by atoms with Crippen LogP contribution in [0.5, 0.6) is 11.5 Å². The molecule has 25 heavy (non-hydrogen) atoms. The van der Waals surface area contributed by atoms with Crippen LogP contribution >= 0.6 is 11.6 Å². The van der Waals surface area contributed by atoms with Crippen molar-refractivity contribution in [1.29, 1.82) is 0 Å². The summed E-state index contributed by atoms with van der Waals surface area (Å²) >= 11 is 5.91. The maximum atomic E-state index is 9.76. The zero-order chi connectivity index (χ0) is 17.8. The van der Waals surface area contributed by atoms with Crippen LogP contribution in [0.3, 0.4) is 0 Å². The Labute approximate surface area is 153 Å². The molecule has 0 aromatic heterocycles. The predicted molar refractivity (Wildman–Crippen MR) is 101 cm³/mol. The van der Waals surface area contributed by atoms with Crippen molar-refractivity contribution in [2.24, 2.45) is 0 Å². The van der Waals surface area contributed by atoms with Crippen LogP contribution in [0.4, 0.5) is 0 Å². The SMILES string of the molecule is C=C(NCCc1ccc(Cl)cc1)N1CCCc2cc(O)c(O)cc2C1. The molecule has 3 N–H and O–H groups in total. The molecule has 0 aliphatic carbocycles. The van der Waals surface area contributed by atoms with Gasteiger partial charge in [-0.2, -0.15) is 0 Å². The number of nitrogens with one attached hydrogen (secondary N) is 1. The molecule has 1 heterocycles. The number of halogens is 1. The zero-order valence-electron chi connectivity index (χ0n) is 14.1. The van der Waals surface area contributed by atoms with E-state index < -0.39 is 0 Å². The first-order valence-electron chi connectivity index (χ1n) is 8.49. The molecule has 0 fully saturated rings. The van der Waals surface area contributed by atoms with E-state index in [0.29, 0.717) is 6.54 Å². The van der Waals surface area contributed by atoms with E-state index in [2.05, 4.69) is 16.8 Å². The standard InChI is InChI=1S/C20H23ClN2O2/c1-14(22-9-8-15-4-6-18(21)7-5-15)23-10-2-3-16-11-19(24)20(25)12-17(16)13-23/h4-7,11-12,22,24-25H,1-3,8-10,13H2. The fourth-order valence-electron chi connectivity index (χ4n) is 3.13. The largest absolute Gasteiger partial charge is 0.504 e. The van der Waals surface area contributed by atoms with Crippen molar-refractivity contribution >= 4 is 11.6 Å². The van der Waals surface area contributed by atoms with Gasteiger partial charge in [0.2, 0.25) is 0 Å². The molecule has 132 valence electrons. The van der Waals surface area contributed by atoms with E-state index in [9.17, 15) is 10.2 Å². The Bertz CT molecular complexity index is 759. The minimum absolute atomic E-state index is 0.0490. The second-order valence-electron chi connectivity index (χ2n) is 6.38. The van der Waals surface area contributed by atoms with Crippen molar-refractivity contribution in [1.82, 2.24) is 10.2 Å². The molecule has 2 aromatic carbocycles. The van der Waals surface area contributed by atoms with Gasteiger partial charge in [0.15, 0.2) is 11.5 Å². The molecule has 0 radical (unpaired) electrons. The number of phenols is 2. The summed E-state index contributed by atoms with van der Waals surface area (Å²) in [7, 11) is 0. The Morgan fingerprint density at radius 1 is 1.12 bits per heavy atom. The van der Waals surface area contributed by atoms with E-state index in [1.165, 1.54) is 5.56 Å². The van der Waals surface area contributed by atoms with Crippen molar-refractivity contribution in [2.75, 3.05) is 13.1 Å². The van der Waals surface area contributed by atoms with Gasteiger partial charge in [-0.05, 0) is 60.2 Å². The molecule has 0 bridgehead atoms. The summed E-state index contributed by atoms with van der Waals surface area (Å²) in [6, 6.07) is 11.2. The molecule has 4 nitrogen and oxygen atoms in total. The number of hydrogen-bond donors (Lipinski definition) is 3. The smallest absolute Gasteiger partial charge is 0.157 e. The van der Waals surface area contributed by atoms with Gasteiger partial charge >= 0.3 is 0 Å². The third-order valence-corrected chi connectivity index (χ3v) is 4.82. The molecule has 0 saturated heterocycles. The summed E-state index contributed by atoms with van der Waals surface area (Å²) < 4.78 is 0. The molecule has 5 heteroatoms. The van der Waals surface area contributed by atoms with Gasteiger partial charge in [0.05, 0.1) is 5.82 Å². The highest BCUT2D eigenvalue weighted by molar-refractivity contribution is 6.30. The number of aromatic hydroxyl groups is 2. The highest BCUT2D eigenvalue weighted by Gasteiger charge is 2.17. The van der Waals surface area contributed by atoms with Crippen LogP contribution in [0.1, 0.15) is 23.1 Å². The molecule has 0 spiro atoms. The topological polar surface area (TPSA) is 55.7 Å². The Morgan fingerprint density at radius 2 is 1.80 bits per heavy atom. The summed E-state index contributed by atoms with van der Waals surface area (Å²) in [6.45, 7) is 6.52. The van der Waals surface area contributed by atoms with E-state index in [1.54, 1.807) is 12.1 Å². The quantitative estimate of drug-likeness (QED) is 0.711. The third kappa shape index (κ3) is 4.40. The maximum Gasteiger partial charge on any atom is 0.157 e. The molecule has 0 amide bonds. The second kappa shape index (κ2) is 7.70. The number of fused-ring (bicyclic) bond motifs is 1. The second-order valence-corrected chi connectivity index (χ2v) is 6.82. The summed E-state index contributed by atoms with van der Waals surface area (Å²) in [5.41, 5.74) is 3.35. The predicted octanol–water partition coefficient (Wildman–Crippen LogP) is 3.80. The highest BCUT2D eigenvalue weighted by atomic mass is 35.5. The fourth-order valence-corrected chi connectivity index (χ4v) is 3.26. The average Bonchev–Trinajstić information content (AvgIpc) is 2.79. The Kier molecular flexibility index (Phi) is 5.39. The molecular weight excluding hydrogens is 336 g/mol. The normalized spacial score (nSPS) is 13.9.